The van der Waals surface area contributed by atoms with Gasteiger partial charge in [0, 0.05) is 19.0 Å². The Bertz CT molecular complexity index is 919. The summed E-state index contributed by atoms with van der Waals surface area (Å²) in [6, 6.07) is 23.1. The predicted octanol–water partition coefficient (Wildman–Crippen LogP) is 7.53. The number of rotatable bonds is 4. The summed E-state index contributed by atoms with van der Waals surface area (Å²) in [5, 5.41) is 13.0. The van der Waals surface area contributed by atoms with Crippen molar-refractivity contribution in [3.8, 4) is 0 Å². The molecule has 4 nitrogen and oxygen atoms in total. The lowest BCUT2D eigenvalue weighted by Gasteiger charge is -2.04. The van der Waals surface area contributed by atoms with Gasteiger partial charge in [0.1, 0.15) is 0 Å². The summed E-state index contributed by atoms with van der Waals surface area (Å²) < 4.78 is 3.00. The Hall–Kier alpha value is -1.83. The van der Waals surface area contributed by atoms with E-state index in [-0.39, 0.29) is 0 Å². The third-order valence-electron chi connectivity index (χ3n) is 3.32. The zero-order valence-corrected chi connectivity index (χ0v) is 18.2. The molecule has 3 rings (SSSR count). The van der Waals surface area contributed by atoms with Gasteiger partial charge in [-0.25, -0.2) is 0 Å². The van der Waals surface area contributed by atoms with Crippen LogP contribution in [-0.2, 0) is 0 Å². The second-order valence-corrected chi connectivity index (χ2v) is 7.98. The van der Waals surface area contributed by atoms with Crippen LogP contribution in [0.4, 0.5) is 11.4 Å². The molecule has 3 aromatic rings. The van der Waals surface area contributed by atoms with Crippen LogP contribution in [0, 0.1) is 0 Å². The number of nitrogens with zero attached hydrogens (tertiary/aromatic N) is 3. The first kappa shape index (κ1) is 18.9. The molecule has 0 atom stereocenters. The van der Waals surface area contributed by atoms with Gasteiger partial charge in [-0.3, -0.25) is 5.43 Å². The molecular weight excluding hydrogens is 524 g/mol. The number of nitrogens with one attached hydrogen (secondary N) is 1. The maximum absolute atomic E-state index is 4.42. The van der Waals surface area contributed by atoms with Crippen molar-refractivity contribution in [3.05, 3.63) is 91.8 Å². The predicted molar refractivity (Wildman–Crippen MR) is 117 cm³/mol. The number of hydrogen-bond donors (Lipinski definition) is 1. The van der Waals surface area contributed by atoms with Gasteiger partial charge in [-0.05, 0) is 72.8 Å². The first-order valence-electron chi connectivity index (χ1n) is 7.63. The summed E-state index contributed by atoms with van der Waals surface area (Å²) in [6.07, 6.45) is 0. The summed E-state index contributed by atoms with van der Waals surface area (Å²) >= 11 is 10.3. The summed E-state index contributed by atoms with van der Waals surface area (Å²) in [7, 11) is 0. The minimum atomic E-state index is 0.489. The van der Waals surface area contributed by atoms with Gasteiger partial charge in [0.2, 0.25) is 5.84 Å². The molecule has 0 spiro atoms. The highest BCUT2D eigenvalue weighted by Gasteiger charge is 2.03. The molecule has 0 unspecified atom stereocenters. The van der Waals surface area contributed by atoms with Crippen molar-refractivity contribution in [2.45, 2.75) is 0 Å². The van der Waals surface area contributed by atoms with Crippen LogP contribution < -0.4 is 5.43 Å². The van der Waals surface area contributed by atoms with Gasteiger partial charge in [-0.15, -0.1) is 10.2 Å². The molecule has 0 radical (unpaired) electrons. The second-order valence-electron chi connectivity index (χ2n) is 5.24. The molecule has 0 amide bonds. The Labute approximate surface area is 176 Å². The molecule has 0 bridgehead atoms. The van der Waals surface area contributed by atoms with Crippen LogP contribution in [0.25, 0.3) is 0 Å². The normalized spacial score (nSPS) is 11.7. The molecule has 0 saturated heterocycles. The molecule has 0 heterocycles. The summed E-state index contributed by atoms with van der Waals surface area (Å²) in [6.45, 7) is 0. The van der Waals surface area contributed by atoms with Crippen molar-refractivity contribution in [3.63, 3.8) is 0 Å². The molecule has 7 heteroatoms. The average molecular weight is 537 g/mol. The quantitative estimate of drug-likeness (QED) is 0.159. The summed E-state index contributed by atoms with van der Waals surface area (Å²) in [5.41, 5.74) is 5.50. The Morgan fingerprint density at radius 2 is 1.15 bits per heavy atom. The standard InChI is InChI=1S/C19H13Br3N4/c20-14-3-1-13(2-4-14)19(25-23-17-9-5-15(21)6-10-17)26-24-18-11-7-16(22)8-12-18/h1-12,23H. The fraction of sp³-hybridized carbons (Fsp3) is 0. The summed E-state index contributed by atoms with van der Waals surface area (Å²) in [4.78, 5) is 0. The molecule has 0 saturated carbocycles. The lowest BCUT2D eigenvalue weighted by atomic mass is 10.2. The van der Waals surface area contributed by atoms with Crippen LogP contribution in [0.15, 0.2) is 102 Å². The Morgan fingerprint density at radius 1 is 0.654 bits per heavy atom. The van der Waals surface area contributed by atoms with Gasteiger partial charge in [-0.1, -0.05) is 47.8 Å². The molecule has 0 aliphatic heterocycles. The van der Waals surface area contributed by atoms with Crippen molar-refractivity contribution >= 4 is 65.0 Å². The van der Waals surface area contributed by atoms with E-state index < -0.39 is 0 Å². The molecule has 0 aromatic heterocycles. The van der Waals surface area contributed by atoms with Crippen LogP contribution in [0.3, 0.4) is 0 Å². The van der Waals surface area contributed by atoms with E-state index in [1.54, 1.807) is 0 Å². The van der Waals surface area contributed by atoms with Crippen LogP contribution in [0.1, 0.15) is 5.56 Å². The van der Waals surface area contributed by atoms with Crippen LogP contribution in [0.2, 0.25) is 0 Å². The maximum atomic E-state index is 4.42. The molecule has 130 valence electrons. The molecule has 0 aliphatic carbocycles. The highest BCUT2D eigenvalue weighted by atomic mass is 79.9. The van der Waals surface area contributed by atoms with Crippen LogP contribution in [0.5, 0.6) is 0 Å². The van der Waals surface area contributed by atoms with Gasteiger partial charge in [0.25, 0.3) is 0 Å². The lowest BCUT2D eigenvalue weighted by Crippen LogP contribution is -2.01. The van der Waals surface area contributed by atoms with Crippen molar-refractivity contribution in [1.29, 1.82) is 0 Å². The van der Waals surface area contributed by atoms with E-state index in [1.807, 2.05) is 72.8 Å². The highest BCUT2D eigenvalue weighted by molar-refractivity contribution is 9.11. The van der Waals surface area contributed by atoms with Gasteiger partial charge < -0.3 is 0 Å². The van der Waals surface area contributed by atoms with Crippen molar-refractivity contribution in [1.82, 2.24) is 0 Å². The number of hydrogen-bond acceptors (Lipinski definition) is 3. The van der Waals surface area contributed by atoms with Gasteiger partial charge in [-0.2, -0.15) is 5.10 Å². The zero-order chi connectivity index (χ0) is 18.4. The Morgan fingerprint density at radius 3 is 1.73 bits per heavy atom. The van der Waals surface area contributed by atoms with E-state index in [4.69, 9.17) is 0 Å². The van der Waals surface area contributed by atoms with Gasteiger partial charge in [0.15, 0.2) is 0 Å². The van der Waals surface area contributed by atoms with Gasteiger partial charge in [0.05, 0.1) is 11.4 Å². The molecule has 3 aromatic carbocycles. The molecule has 0 aliphatic rings. The molecular formula is C19H13Br3N4. The number of halogens is 3. The minimum Gasteiger partial charge on any atom is -0.276 e. The molecule has 0 fully saturated rings. The van der Waals surface area contributed by atoms with E-state index >= 15 is 0 Å². The van der Waals surface area contributed by atoms with E-state index in [0.29, 0.717) is 5.84 Å². The van der Waals surface area contributed by atoms with E-state index in [2.05, 4.69) is 68.5 Å². The first-order chi connectivity index (χ1) is 12.6. The van der Waals surface area contributed by atoms with Crippen LogP contribution >= 0.6 is 47.8 Å². The number of benzene rings is 3. The fourth-order valence-corrected chi connectivity index (χ4v) is 2.79. The molecule has 1 N–H and O–H groups in total. The lowest BCUT2D eigenvalue weighted by molar-refractivity contribution is 1.22. The number of anilines is 1. The maximum Gasteiger partial charge on any atom is 0.201 e. The van der Waals surface area contributed by atoms with Crippen molar-refractivity contribution in [2.24, 2.45) is 15.3 Å². The second kappa shape index (κ2) is 9.21. The topological polar surface area (TPSA) is 49.1 Å². The van der Waals surface area contributed by atoms with E-state index in [0.717, 1.165) is 30.4 Å². The third-order valence-corrected chi connectivity index (χ3v) is 4.91. The van der Waals surface area contributed by atoms with Gasteiger partial charge >= 0.3 is 0 Å². The highest BCUT2D eigenvalue weighted by Crippen LogP contribution is 2.19. The van der Waals surface area contributed by atoms with E-state index in [1.165, 1.54) is 0 Å². The smallest absolute Gasteiger partial charge is 0.201 e. The van der Waals surface area contributed by atoms with Crippen molar-refractivity contribution in [2.75, 3.05) is 5.43 Å². The fourth-order valence-electron chi connectivity index (χ4n) is 2.00. The first-order valence-corrected chi connectivity index (χ1v) is 10.0. The largest absolute Gasteiger partial charge is 0.276 e. The summed E-state index contributed by atoms with van der Waals surface area (Å²) in [5.74, 6) is 0.489. The minimum absolute atomic E-state index is 0.489. The number of hydrazone groups is 1. The number of azo groups is 1. The Balaban J connectivity index is 1.87. The Kier molecular flexibility index (Phi) is 6.71. The zero-order valence-electron chi connectivity index (χ0n) is 13.4. The SMILES string of the molecule is Brc1ccc(N=NC(=NNc2ccc(Br)cc2)c2ccc(Br)cc2)cc1. The average Bonchev–Trinajstić information content (AvgIpc) is 2.65. The third kappa shape index (κ3) is 5.59. The number of amidine groups is 1. The van der Waals surface area contributed by atoms with E-state index in [9.17, 15) is 0 Å². The monoisotopic (exact) mass is 534 g/mol. The van der Waals surface area contributed by atoms with Crippen LogP contribution in [-0.4, -0.2) is 5.84 Å². The molecule has 26 heavy (non-hydrogen) atoms. The van der Waals surface area contributed by atoms with Crippen molar-refractivity contribution < 1.29 is 0 Å².